The molecule has 2 fully saturated rings. The fourth-order valence-corrected chi connectivity index (χ4v) is 7.82. The summed E-state index contributed by atoms with van der Waals surface area (Å²) in [6, 6.07) is 18.9. The van der Waals surface area contributed by atoms with Crippen molar-refractivity contribution in [3.8, 4) is 0 Å². The molecule has 4 aliphatic carbocycles. The lowest BCUT2D eigenvalue weighted by Crippen LogP contribution is -2.48. The van der Waals surface area contributed by atoms with E-state index in [0.29, 0.717) is 11.8 Å². The number of ketones is 1. The fraction of sp³-hybridized carbons (Fsp3) is 0.452. The standard InChI is InChI=1S/C31H34O2/c1-20-8-11-23(12-9-20)31(33)17-15-28-25-13-10-22-18-29(32)27(21-6-4-3-5-7-21)19-26(22)24(25)14-16-30(28,31)2/h3-9,11-12,18,25,27-28,33H,10,13-17,19H2,1-2H3/t25-,27?,28+,30+,31+/m1/s1. The number of hydrogen-bond acceptors (Lipinski definition) is 2. The smallest absolute Gasteiger partial charge is 0.163 e. The van der Waals surface area contributed by atoms with Gasteiger partial charge in [-0.05, 0) is 92.1 Å². The summed E-state index contributed by atoms with van der Waals surface area (Å²) in [5.74, 6) is 1.28. The lowest BCUT2D eigenvalue weighted by molar-refractivity contribution is -0.116. The average Bonchev–Trinajstić information content (AvgIpc) is 3.11. The molecule has 1 N–H and O–H groups in total. The van der Waals surface area contributed by atoms with Crippen molar-refractivity contribution in [1.82, 2.24) is 0 Å². The summed E-state index contributed by atoms with van der Waals surface area (Å²) in [6.45, 7) is 4.46. The molecule has 0 radical (unpaired) electrons. The number of aryl methyl sites for hydroxylation is 1. The van der Waals surface area contributed by atoms with Crippen LogP contribution in [0.1, 0.15) is 74.5 Å². The third-order valence-corrected chi connectivity index (χ3v) is 9.73. The normalized spacial score (nSPS) is 35.5. The number of benzene rings is 2. The zero-order chi connectivity index (χ0) is 22.8. The third kappa shape index (κ3) is 3.06. The quantitative estimate of drug-likeness (QED) is 0.561. The third-order valence-electron chi connectivity index (χ3n) is 9.73. The van der Waals surface area contributed by atoms with Gasteiger partial charge in [-0.15, -0.1) is 0 Å². The summed E-state index contributed by atoms with van der Waals surface area (Å²) >= 11 is 0. The van der Waals surface area contributed by atoms with Gasteiger partial charge in [0.25, 0.3) is 0 Å². The second kappa shape index (κ2) is 7.53. The van der Waals surface area contributed by atoms with E-state index in [4.69, 9.17) is 0 Å². The van der Waals surface area contributed by atoms with Crippen molar-refractivity contribution >= 4 is 5.78 Å². The Balaban J connectivity index is 1.36. The Labute approximate surface area is 197 Å². The number of carbonyl (C=O) groups excluding carboxylic acids is 1. The first-order valence-corrected chi connectivity index (χ1v) is 12.7. The zero-order valence-corrected chi connectivity index (χ0v) is 19.8. The summed E-state index contributed by atoms with van der Waals surface area (Å²) < 4.78 is 0. The van der Waals surface area contributed by atoms with Gasteiger partial charge in [-0.3, -0.25) is 4.79 Å². The Morgan fingerprint density at radius 3 is 2.45 bits per heavy atom. The van der Waals surface area contributed by atoms with Crippen LogP contribution in [0, 0.1) is 24.2 Å². The fourth-order valence-electron chi connectivity index (χ4n) is 7.82. The van der Waals surface area contributed by atoms with E-state index in [-0.39, 0.29) is 17.1 Å². The van der Waals surface area contributed by atoms with Crippen LogP contribution < -0.4 is 0 Å². The van der Waals surface area contributed by atoms with Crippen LogP contribution >= 0.6 is 0 Å². The molecule has 2 heteroatoms. The van der Waals surface area contributed by atoms with Crippen molar-refractivity contribution in [3.63, 3.8) is 0 Å². The Hall–Kier alpha value is -2.45. The van der Waals surface area contributed by atoms with E-state index in [2.05, 4.69) is 50.2 Å². The maximum absolute atomic E-state index is 13.0. The predicted octanol–water partition coefficient (Wildman–Crippen LogP) is 6.78. The van der Waals surface area contributed by atoms with Crippen molar-refractivity contribution in [2.24, 2.45) is 17.3 Å². The highest BCUT2D eigenvalue weighted by Gasteiger charge is 2.61. The van der Waals surface area contributed by atoms with E-state index in [1.54, 1.807) is 5.57 Å². The Morgan fingerprint density at radius 1 is 0.939 bits per heavy atom. The molecule has 0 aliphatic heterocycles. The van der Waals surface area contributed by atoms with Crippen molar-refractivity contribution in [1.29, 1.82) is 0 Å². The summed E-state index contributed by atoms with van der Waals surface area (Å²) in [6.07, 6.45) is 8.96. The molecule has 0 spiro atoms. The molecule has 4 aliphatic rings. The second-order valence-corrected chi connectivity index (χ2v) is 11.2. The maximum Gasteiger partial charge on any atom is 0.163 e. The first-order chi connectivity index (χ1) is 15.9. The van der Waals surface area contributed by atoms with Gasteiger partial charge in [-0.25, -0.2) is 0 Å². The van der Waals surface area contributed by atoms with Crippen LogP contribution in [0.15, 0.2) is 77.4 Å². The van der Waals surface area contributed by atoms with Gasteiger partial charge in [0.05, 0.1) is 11.5 Å². The molecule has 2 aromatic rings. The highest BCUT2D eigenvalue weighted by Crippen LogP contribution is 2.66. The minimum atomic E-state index is -0.743. The van der Waals surface area contributed by atoms with Crippen LogP contribution in [-0.4, -0.2) is 10.9 Å². The molecular formula is C31H34O2. The van der Waals surface area contributed by atoms with Gasteiger partial charge in [0.15, 0.2) is 5.78 Å². The molecule has 0 heterocycles. The molecule has 5 atom stereocenters. The molecule has 0 saturated heterocycles. The summed E-state index contributed by atoms with van der Waals surface area (Å²) in [4.78, 5) is 13.0. The number of hydrogen-bond donors (Lipinski definition) is 1. The summed E-state index contributed by atoms with van der Waals surface area (Å²) in [5, 5.41) is 12.1. The zero-order valence-electron chi connectivity index (χ0n) is 19.8. The molecule has 1 unspecified atom stereocenters. The van der Waals surface area contributed by atoms with Gasteiger partial charge in [0, 0.05) is 5.41 Å². The van der Waals surface area contributed by atoms with E-state index in [1.807, 2.05) is 24.3 Å². The molecule has 2 nitrogen and oxygen atoms in total. The van der Waals surface area contributed by atoms with Gasteiger partial charge in [-0.2, -0.15) is 0 Å². The topological polar surface area (TPSA) is 37.3 Å². The Kier molecular flexibility index (Phi) is 4.82. The van der Waals surface area contributed by atoms with Gasteiger partial charge < -0.3 is 5.11 Å². The van der Waals surface area contributed by atoms with Gasteiger partial charge in [-0.1, -0.05) is 72.7 Å². The van der Waals surface area contributed by atoms with Crippen LogP contribution in [0.25, 0.3) is 0 Å². The molecular weight excluding hydrogens is 404 g/mol. The minimum Gasteiger partial charge on any atom is -0.385 e. The maximum atomic E-state index is 13.0. The Morgan fingerprint density at radius 2 is 1.70 bits per heavy atom. The molecule has 0 bridgehead atoms. The van der Waals surface area contributed by atoms with Crippen molar-refractivity contribution in [2.75, 3.05) is 0 Å². The van der Waals surface area contributed by atoms with Crippen LogP contribution in [0.3, 0.4) is 0 Å². The lowest BCUT2D eigenvalue weighted by Gasteiger charge is -2.52. The molecule has 2 aromatic carbocycles. The minimum absolute atomic E-state index is 0.0439. The number of carbonyl (C=O) groups is 1. The molecule has 33 heavy (non-hydrogen) atoms. The van der Waals surface area contributed by atoms with Crippen molar-refractivity contribution in [2.45, 2.75) is 70.3 Å². The lowest BCUT2D eigenvalue weighted by atomic mass is 9.54. The van der Waals surface area contributed by atoms with Crippen LogP contribution in [0.5, 0.6) is 0 Å². The van der Waals surface area contributed by atoms with Crippen molar-refractivity contribution in [3.05, 3.63) is 94.1 Å². The van der Waals surface area contributed by atoms with Gasteiger partial charge in [0.2, 0.25) is 0 Å². The highest BCUT2D eigenvalue weighted by molar-refractivity contribution is 5.98. The summed E-state index contributed by atoms with van der Waals surface area (Å²) in [5.41, 5.74) is 7.03. The van der Waals surface area contributed by atoms with E-state index in [1.165, 1.54) is 16.7 Å². The van der Waals surface area contributed by atoms with Gasteiger partial charge in [0.1, 0.15) is 0 Å². The van der Waals surface area contributed by atoms with Crippen LogP contribution in [-0.2, 0) is 10.4 Å². The highest BCUT2D eigenvalue weighted by atomic mass is 16.3. The van der Waals surface area contributed by atoms with Crippen molar-refractivity contribution < 1.29 is 9.90 Å². The second-order valence-electron chi connectivity index (χ2n) is 11.2. The number of fused-ring (bicyclic) bond motifs is 4. The summed E-state index contributed by atoms with van der Waals surface area (Å²) in [7, 11) is 0. The van der Waals surface area contributed by atoms with Gasteiger partial charge >= 0.3 is 0 Å². The van der Waals surface area contributed by atoms with E-state index in [0.717, 1.165) is 56.1 Å². The predicted molar refractivity (Wildman–Crippen MR) is 132 cm³/mol. The molecule has 2 saturated carbocycles. The largest absolute Gasteiger partial charge is 0.385 e. The molecule has 170 valence electrons. The number of allylic oxidation sites excluding steroid dienone is 4. The van der Waals surface area contributed by atoms with Crippen LogP contribution in [0.4, 0.5) is 0 Å². The monoisotopic (exact) mass is 438 g/mol. The molecule has 6 rings (SSSR count). The first kappa shape index (κ1) is 21.1. The average molecular weight is 439 g/mol. The first-order valence-electron chi connectivity index (χ1n) is 12.7. The van der Waals surface area contributed by atoms with E-state index < -0.39 is 5.60 Å². The van der Waals surface area contributed by atoms with Crippen LogP contribution in [0.2, 0.25) is 0 Å². The van der Waals surface area contributed by atoms with E-state index >= 15 is 0 Å². The molecule has 0 aromatic heterocycles. The number of rotatable bonds is 2. The number of aliphatic hydroxyl groups is 1. The SMILES string of the molecule is Cc1ccc([C@@]2(O)CC[C@H]3[C@@H]4CCC5=CC(=O)C(c6ccccc6)CC5=C4CC[C@@]32C)cc1. The van der Waals surface area contributed by atoms with E-state index in [9.17, 15) is 9.90 Å². The Bertz CT molecular complexity index is 1160. The molecule has 0 amide bonds.